The van der Waals surface area contributed by atoms with E-state index in [1.165, 1.54) is 10.6 Å². The third-order valence-corrected chi connectivity index (χ3v) is 5.17. The van der Waals surface area contributed by atoms with E-state index < -0.39 is 10.0 Å². The zero-order valence-corrected chi connectivity index (χ0v) is 17.0. The highest BCUT2D eigenvalue weighted by Gasteiger charge is 2.18. The third kappa shape index (κ3) is 6.08. The van der Waals surface area contributed by atoms with Crippen LogP contribution >= 0.6 is 0 Å². The van der Waals surface area contributed by atoms with E-state index in [4.69, 9.17) is 4.74 Å². The van der Waals surface area contributed by atoms with Crippen molar-refractivity contribution >= 4 is 21.6 Å². The van der Waals surface area contributed by atoms with Gasteiger partial charge < -0.3 is 10.1 Å². The minimum absolute atomic E-state index is 0.187. The number of hydrogen-bond acceptors (Lipinski definition) is 4. The lowest BCUT2D eigenvalue weighted by atomic mass is 10.1. The summed E-state index contributed by atoms with van der Waals surface area (Å²) in [5.41, 5.74) is 3.96. The highest BCUT2D eigenvalue weighted by atomic mass is 32.2. The van der Waals surface area contributed by atoms with Gasteiger partial charge in [0, 0.05) is 19.2 Å². The number of benzene rings is 2. The van der Waals surface area contributed by atoms with Gasteiger partial charge in [-0.3, -0.25) is 9.10 Å². The second-order valence-corrected chi connectivity index (χ2v) is 8.47. The van der Waals surface area contributed by atoms with Crippen LogP contribution in [0.4, 0.5) is 5.69 Å². The maximum Gasteiger partial charge on any atom is 0.251 e. The van der Waals surface area contributed by atoms with Crippen LogP contribution in [0.5, 0.6) is 0 Å². The minimum Gasteiger partial charge on any atom is -0.383 e. The second kappa shape index (κ2) is 9.01. The Labute approximate surface area is 161 Å². The molecule has 2 rings (SSSR count). The molecule has 0 heterocycles. The molecule has 2 aromatic carbocycles. The Hall–Kier alpha value is -2.38. The molecule has 0 bridgehead atoms. The van der Waals surface area contributed by atoms with Crippen LogP contribution in [0, 0.1) is 13.8 Å². The van der Waals surface area contributed by atoms with Crippen molar-refractivity contribution in [2.45, 2.75) is 20.4 Å². The summed E-state index contributed by atoms with van der Waals surface area (Å²) in [5, 5.41) is 2.75. The molecule has 0 unspecified atom stereocenters. The van der Waals surface area contributed by atoms with Crippen molar-refractivity contribution in [3.05, 3.63) is 64.7 Å². The molecule has 0 aromatic heterocycles. The van der Waals surface area contributed by atoms with Crippen molar-refractivity contribution in [1.29, 1.82) is 0 Å². The van der Waals surface area contributed by atoms with E-state index in [9.17, 15) is 13.2 Å². The van der Waals surface area contributed by atoms with Crippen LogP contribution in [-0.4, -0.2) is 40.8 Å². The summed E-state index contributed by atoms with van der Waals surface area (Å²) >= 11 is 0. The van der Waals surface area contributed by atoms with E-state index in [0.29, 0.717) is 24.4 Å². The molecule has 0 saturated heterocycles. The van der Waals surface area contributed by atoms with Crippen LogP contribution in [-0.2, 0) is 21.3 Å². The first-order valence-corrected chi connectivity index (χ1v) is 10.5. The molecule has 0 spiro atoms. The molecule has 0 fully saturated rings. The van der Waals surface area contributed by atoms with Gasteiger partial charge in [0.25, 0.3) is 5.91 Å². The summed E-state index contributed by atoms with van der Waals surface area (Å²) in [6.45, 7) is 4.96. The largest absolute Gasteiger partial charge is 0.383 e. The first-order valence-electron chi connectivity index (χ1n) is 8.63. The zero-order valence-electron chi connectivity index (χ0n) is 16.2. The second-order valence-electron chi connectivity index (χ2n) is 6.56. The van der Waals surface area contributed by atoms with Crippen molar-refractivity contribution in [2.75, 3.05) is 30.8 Å². The number of aryl methyl sites for hydroxylation is 2. The summed E-state index contributed by atoms with van der Waals surface area (Å²) in [7, 11) is -1.88. The van der Waals surface area contributed by atoms with E-state index >= 15 is 0 Å². The summed E-state index contributed by atoms with van der Waals surface area (Å²) in [6, 6.07) is 12.6. The fourth-order valence-corrected chi connectivity index (χ4v) is 3.66. The van der Waals surface area contributed by atoms with Gasteiger partial charge in [-0.2, -0.15) is 0 Å². The number of nitrogens with one attached hydrogen (secondary N) is 1. The number of hydrogen-bond donors (Lipinski definition) is 1. The Bertz CT molecular complexity index is 872. The number of methoxy groups -OCH3 is 1. The molecule has 0 aliphatic heterocycles. The lowest BCUT2D eigenvalue weighted by molar-refractivity contribution is 0.0937. The van der Waals surface area contributed by atoms with Gasteiger partial charge in [0.2, 0.25) is 10.0 Å². The van der Waals surface area contributed by atoms with Gasteiger partial charge >= 0.3 is 0 Å². The van der Waals surface area contributed by atoms with Crippen LogP contribution in [0.1, 0.15) is 27.0 Å². The number of carbonyl (C=O) groups excluding carboxylic acids is 1. The maximum absolute atomic E-state index is 12.3. The van der Waals surface area contributed by atoms with Crippen LogP contribution in [0.25, 0.3) is 0 Å². The Balaban J connectivity index is 2.20. The summed E-state index contributed by atoms with van der Waals surface area (Å²) in [4.78, 5) is 12.0. The van der Waals surface area contributed by atoms with Crippen molar-refractivity contribution in [3.8, 4) is 0 Å². The Morgan fingerprint density at radius 3 is 2.19 bits per heavy atom. The predicted molar refractivity (Wildman–Crippen MR) is 108 cm³/mol. The lowest BCUT2D eigenvalue weighted by Crippen LogP contribution is -2.29. The first kappa shape index (κ1) is 20.9. The summed E-state index contributed by atoms with van der Waals surface area (Å²) < 4.78 is 30.9. The van der Waals surface area contributed by atoms with Crippen molar-refractivity contribution < 1.29 is 17.9 Å². The van der Waals surface area contributed by atoms with Crippen molar-refractivity contribution in [3.63, 3.8) is 0 Å². The van der Waals surface area contributed by atoms with Gasteiger partial charge in [0.05, 0.1) is 25.1 Å². The number of amides is 1. The Kier molecular flexibility index (Phi) is 6.98. The molecule has 146 valence electrons. The van der Waals surface area contributed by atoms with Gasteiger partial charge in [0.1, 0.15) is 0 Å². The zero-order chi connectivity index (χ0) is 20.0. The van der Waals surface area contributed by atoms with Crippen LogP contribution < -0.4 is 9.62 Å². The molecule has 27 heavy (non-hydrogen) atoms. The normalized spacial score (nSPS) is 11.3. The molecule has 0 saturated carbocycles. The lowest BCUT2D eigenvalue weighted by Gasteiger charge is -2.23. The van der Waals surface area contributed by atoms with Gasteiger partial charge in [-0.15, -0.1) is 0 Å². The predicted octanol–water partition coefficient (Wildman–Crippen LogP) is 2.65. The van der Waals surface area contributed by atoms with E-state index in [-0.39, 0.29) is 12.5 Å². The van der Waals surface area contributed by atoms with Crippen molar-refractivity contribution in [1.82, 2.24) is 5.32 Å². The maximum atomic E-state index is 12.3. The third-order valence-electron chi connectivity index (χ3n) is 4.03. The molecular formula is C20H26N2O4S. The molecule has 6 nitrogen and oxygen atoms in total. The topological polar surface area (TPSA) is 75.7 Å². The molecule has 0 atom stereocenters. The monoisotopic (exact) mass is 390 g/mol. The van der Waals surface area contributed by atoms with E-state index in [1.807, 2.05) is 32.0 Å². The number of ether oxygens (including phenoxy) is 1. The minimum atomic E-state index is -3.45. The van der Waals surface area contributed by atoms with E-state index in [1.54, 1.807) is 31.4 Å². The Morgan fingerprint density at radius 2 is 1.67 bits per heavy atom. The van der Waals surface area contributed by atoms with E-state index in [2.05, 4.69) is 5.32 Å². The van der Waals surface area contributed by atoms with Crippen molar-refractivity contribution in [2.24, 2.45) is 0 Å². The molecule has 0 aliphatic rings. The van der Waals surface area contributed by atoms with Gasteiger partial charge in [-0.25, -0.2) is 8.42 Å². The van der Waals surface area contributed by atoms with Crippen LogP contribution in [0.2, 0.25) is 0 Å². The highest BCUT2D eigenvalue weighted by Crippen LogP contribution is 2.23. The van der Waals surface area contributed by atoms with Crippen LogP contribution in [0.15, 0.2) is 42.5 Å². The van der Waals surface area contributed by atoms with Crippen LogP contribution in [0.3, 0.4) is 0 Å². The summed E-state index contributed by atoms with van der Waals surface area (Å²) in [5.74, 6) is -0.187. The molecule has 1 amide bonds. The van der Waals surface area contributed by atoms with Gasteiger partial charge in [-0.1, -0.05) is 18.2 Å². The number of sulfonamides is 1. The molecule has 7 heteroatoms. The number of rotatable bonds is 8. The molecule has 0 aliphatic carbocycles. The smallest absolute Gasteiger partial charge is 0.251 e. The summed E-state index contributed by atoms with van der Waals surface area (Å²) in [6.07, 6.45) is 1.20. The average Bonchev–Trinajstić information content (AvgIpc) is 2.58. The highest BCUT2D eigenvalue weighted by molar-refractivity contribution is 7.92. The molecular weight excluding hydrogens is 364 g/mol. The fourth-order valence-electron chi connectivity index (χ4n) is 2.79. The van der Waals surface area contributed by atoms with E-state index in [0.717, 1.165) is 16.7 Å². The number of carbonyl (C=O) groups is 1. The first-order chi connectivity index (χ1) is 12.7. The standard InChI is InChI=1S/C20H26N2O4S/c1-15-11-16(2)13-19(12-15)22(27(4,24)25)14-17-5-7-18(8-6-17)20(23)21-9-10-26-3/h5-8,11-13H,9-10,14H2,1-4H3,(H,21,23). The average molecular weight is 391 g/mol. The Morgan fingerprint density at radius 1 is 1.07 bits per heavy atom. The van der Waals surface area contributed by atoms with Gasteiger partial charge in [-0.05, 0) is 54.8 Å². The quantitative estimate of drug-likeness (QED) is 0.703. The van der Waals surface area contributed by atoms with Gasteiger partial charge in [0.15, 0.2) is 0 Å². The number of anilines is 1. The number of nitrogens with zero attached hydrogens (tertiary/aromatic N) is 1. The SMILES string of the molecule is COCCNC(=O)c1ccc(CN(c2cc(C)cc(C)c2)S(C)(=O)=O)cc1. The molecule has 2 aromatic rings. The fraction of sp³-hybridized carbons (Fsp3) is 0.350. The molecule has 1 N–H and O–H groups in total. The molecule has 0 radical (unpaired) electrons.